The molecule has 1 aliphatic heterocycles. The van der Waals surface area contributed by atoms with Crippen molar-refractivity contribution in [1.29, 1.82) is 0 Å². The molecule has 90 valence electrons. The van der Waals surface area contributed by atoms with Gasteiger partial charge in [-0.05, 0) is 13.0 Å². The zero-order valence-electron chi connectivity index (χ0n) is 10.4. The SMILES string of the molecule is CCCCCCCCCCN1CC(N)C1. The normalized spacial score (nSPS) is 18.0. The van der Waals surface area contributed by atoms with Crippen molar-refractivity contribution >= 4 is 0 Å². The highest BCUT2D eigenvalue weighted by Gasteiger charge is 2.21. The fraction of sp³-hybridized carbons (Fsp3) is 1.00. The van der Waals surface area contributed by atoms with E-state index in [4.69, 9.17) is 5.73 Å². The van der Waals surface area contributed by atoms with E-state index in [9.17, 15) is 0 Å². The van der Waals surface area contributed by atoms with Gasteiger partial charge in [-0.15, -0.1) is 0 Å². The van der Waals surface area contributed by atoms with Gasteiger partial charge in [-0.25, -0.2) is 0 Å². The first-order valence-corrected chi connectivity index (χ1v) is 6.81. The second-order valence-corrected chi connectivity index (χ2v) is 4.99. The minimum Gasteiger partial charge on any atom is -0.325 e. The molecule has 0 amide bonds. The van der Waals surface area contributed by atoms with Gasteiger partial charge in [-0.2, -0.15) is 0 Å². The summed E-state index contributed by atoms with van der Waals surface area (Å²) >= 11 is 0. The Morgan fingerprint density at radius 2 is 1.47 bits per heavy atom. The number of unbranched alkanes of at least 4 members (excludes halogenated alkanes) is 7. The maximum absolute atomic E-state index is 5.73. The van der Waals surface area contributed by atoms with Gasteiger partial charge in [0.25, 0.3) is 0 Å². The molecule has 1 aliphatic rings. The number of likely N-dealkylation sites (tertiary alicyclic amines) is 1. The van der Waals surface area contributed by atoms with E-state index in [1.165, 1.54) is 57.9 Å². The third-order valence-electron chi connectivity index (χ3n) is 3.31. The van der Waals surface area contributed by atoms with Crippen LogP contribution in [0.2, 0.25) is 0 Å². The first-order chi connectivity index (χ1) is 7.33. The summed E-state index contributed by atoms with van der Waals surface area (Å²) < 4.78 is 0. The van der Waals surface area contributed by atoms with E-state index in [0.29, 0.717) is 6.04 Å². The number of nitrogens with zero attached hydrogens (tertiary/aromatic N) is 1. The largest absolute Gasteiger partial charge is 0.325 e. The molecule has 0 aliphatic carbocycles. The van der Waals surface area contributed by atoms with E-state index in [2.05, 4.69) is 11.8 Å². The first-order valence-electron chi connectivity index (χ1n) is 6.81. The Bertz CT molecular complexity index is 141. The van der Waals surface area contributed by atoms with Crippen LogP contribution in [0.1, 0.15) is 58.3 Å². The molecule has 0 spiro atoms. The van der Waals surface area contributed by atoms with Gasteiger partial charge in [-0.1, -0.05) is 51.9 Å². The molecule has 2 N–H and O–H groups in total. The maximum atomic E-state index is 5.73. The average molecular weight is 212 g/mol. The highest BCUT2D eigenvalue weighted by molar-refractivity contribution is 4.81. The molecule has 1 fully saturated rings. The summed E-state index contributed by atoms with van der Waals surface area (Å²) in [6, 6.07) is 0.471. The molecule has 0 aromatic heterocycles. The molecule has 2 nitrogen and oxygen atoms in total. The molecule has 0 bridgehead atoms. The summed E-state index contributed by atoms with van der Waals surface area (Å²) in [7, 11) is 0. The van der Waals surface area contributed by atoms with E-state index in [1.54, 1.807) is 0 Å². The standard InChI is InChI=1S/C13H28N2/c1-2-3-4-5-6-7-8-9-10-15-11-13(14)12-15/h13H,2-12,14H2,1H3. The lowest BCUT2D eigenvalue weighted by molar-refractivity contribution is 0.148. The Kier molecular flexibility index (Phi) is 7.03. The second kappa shape index (κ2) is 8.12. The minimum absolute atomic E-state index is 0.471. The molecular formula is C13H28N2. The van der Waals surface area contributed by atoms with Gasteiger partial charge in [-0.3, -0.25) is 0 Å². The second-order valence-electron chi connectivity index (χ2n) is 4.99. The Morgan fingerprint density at radius 1 is 0.933 bits per heavy atom. The van der Waals surface area contributed by atoms with Gasteiger partial charge in [0.15, 0.2) is 0 Å². The van der Waals surface area contributed by atoms with Crippen molar-refractivity contribution < 1.29 is 0 Å². The van der Waals surface area contributed by atoms with Gasteiger partial charge < -0.3 is 10.6 Å². The zero-order valence-corrected chi connectivity index (χ0v) is 10.4. The van der Waals surface area contributed by atoms with Gasteiger partial charge in [0.2, 0.25) is 0 Å². The molecule has 1 saturated heterocycles. The molecule has 1 rings (SSSR count). The van der Waals surface area contributed by atoms with Crippen molar-refractivity contribution in [2.45, 2.75) is 64.3 Å². The van der Waals surface area contributed by atoms with Gasteiger partial charge in [0, 0.05) is 19.1 Å². The smallest absolute Gasteiger partial charge is 0.0297 e. The van der Waals surface area contributed by atoms with E-state index < -0.39 is 0 Å². The fourth-order valence-corrected chi connectivity index (χ4v) is 2.26. The minimum atomic E-state index is 0.471. The van der Waals surface area contributed by atoms with Crippen LogP contribution in [0.15, 0.2) is 0 Å². The Hall–Kier alpha value is -0.0800. The summed E-state index contributed by atoms with van der Waals surface area (Å²) in [4.78, 5) is 2.47. The van der Waals surface area contributed by atoms with Crippen molar-refractivity contribution in [3.05, 3.63) is 0 Å². The van der Waals surface area contributed by atoms with E-state index in [1.807, 2.05) is 0 Å². The monoisotopic (exact) mass is 212 g/mol. The number of hydrogen-bond donors (Lipinski definition) is 1. The lowest BCUT2D eigenvalue weighted by Crippen LogP contribution is -2.55. The topological polar surface area (TPSA) is 29.3 Å². The van der Waals surface area contributed by atoms with Gasteiger partial charge in [0.1, 0.15) is 0 Å². The molecule has 0 unspecified atom stereocenters. The number of rotatable bonds is 9. The van der Waals surface area contributed by atoms with Crippen molar-refractivity contribution in [3.8, 4) is 0 Å². The Labute approximate surface area is 95.2 Å². The molecule has 0 saturated carbocycles. The van der Waals surface area contributed by atoms with Crippen LogP contribution in [-0.4, -0.2) is 30.6 Å². The first kappa shape index (κ1) is 13.0. The van der Waals surface area contributed by atoms with Gasteiger partial charge in [0.05, 0.1) is 0 Å². The van der Waals surface area contributed by atoms with Crippen molar-refractivity contribution in [2.24, 2.45) is 5.73 Å². The van der Waals surface area contributed by atoms with Crippen LogP contribution in [0.4, 0.5) is 0 Å². The number of hydrogen-bond acceptors (Lipinski definition) is 2. The van der Waals surface area contributed by atoms with Crippen LogP contribution < -0.4 is 5.73 Å². The molecular weight excluding hydrogens is 184 g/mol. The third kappa shape index (κ3) is 6.16. The molecule has 0 aromatic rings. The average Bonchev–Trinajstić information content (AvgIpc) is 2.19. The lowest BCUT2D eigenvalue weighted by Gasteiger charge is -2.36. The predicted molar refractivity (Wildman–Crippen MR) is 67.0 cm³/mol. The molecule has 0 atom stereocenters. The van der Waals surface area contributed by atoms with Crippen LogP contribution in [0.3, 0.4) is 0 Å². The summed E-state index contributed by atoms with van der Waals surface area (Å²) in [6.45, 7) is 5.83. The predicted octanol–water partition coefficient (Wildman–Crippen LogP) is 2.77. The zero-order chi connectivity index (χ0) is 10.9. The fourth-order valence-electron chi connectivity index (χ4n) is 2.26. The molecule has 2 heteroatoms. The highest BCUT2D eigenvalue weighted by Crippen LogP contribution is 2.11. The van der Waals surface area contributed by atoms with Crippen molar-refractivity contribution in [2.75, 3.05) is 19.6 Å². The highest BCUT2D eigenvalue weighted by atomic mass is 15.2. The van der Waals surface area contributed by atoms with Crippen molar-refractivity contribution in [3.63, 3.8) is 0 Å². The van der Waals surface area contributed by atoms with Crippen LogP contribution in [0.5, 0.6) is 0 Å². The Balaban J connectivity index is 1.70. The van der Waals surface area contributed by atoms with E-state index >= 15 is 0 Å². The van der Waals surface area contributed by atoms with Crippen molar-refractivity contribution in [1.82, 2.24) is 4.90 Å². The molecule has 1 heterocycles. The van der Waals surface area contributed by atoms with Crippen LogP contribution in [0, 0.1) is 0 Å². The summed E-state index contributed by atoms with van der Waals surface area (Å²) in [5.74, 6) is 0. The summed E-state index contributed by atoms with van der Waals surface area (Å²) in [6.07, 6.45) is 11.3. The summed E-state index contributed by atoms with van der Waals surface area (Å²) in [5.41, 5.74) is 5.73. The third-order valence-corrected chi connectivity index (χ3v) is 3.31. The van der Waals surface area contributed by atoms with Crippen LogP contribution in [-0.2, 0) is 0 Å². The van der Waals surface area contributed by atoms with Gasteiger partial charge >= 0.3 is 0 Å². The van der Waals surface area contributed by atoms with Crippen LogP contribution >= 0.6 is 0 Å². The lowest BCUT2D eigenvalue weighted by atomic mass is 10.1. The molecule has 15 heavy (non-hydrogen) atoms. The van der Waals surface area contributed by atoms with Crippen LogP contribution in [0.25, 0.3) is 0 Å². The summed E-state index contributed by atoms with van der Waals surface area (Å²) in [5, 5.41) is 0. The number of nitrogens with two attached hydrogens (primary N) is 1. The maximum Gasteiger partial charge on any atom is 0.0297 e. The van der Waals surface area contributed by atoms with E-state index in [-0.39, 0.29) is 0 Å². The molecule has 0 aromatic carbocycles. The Morgan fingerprint density at radius 3 is 2.00 bits per heavy atom. The quantitative estimate of drug-likeness (QED) is 0.595. The van der Waals surface area contributed by atoms with E-state index in [0.717, 1.165) is 13.1 Å². The molecule has 0 radical (unpaired) electrons.